The van der Waals surface area contributed by atoms with E-state index in [0.29, 0.717) is 18.8 Å². The highest BCUT2D eigenvalue weighted by Gasteiger charge is 2.17. The summed E-state index contributed by atoms with van der Waals surface area (Å²) in [6.07, 6.45) is 2.37. The summed E-state index contributed by atoms with van der Waals surface area (Å²) >= 11 is 1.64. The molecule has 0 aliphatic carbocycles. The van der Waals surface area contributed by atoms with Crippen LogP contribution >= 0.6 is 11.8 Å². The molecule has 1 aromatic carbocycles. The summed E-state index contributed by atoms with van der Waals surface area (Å²) in [5.74, 6) is 2.18. The van der Waals surface area contributed by atoms with Gasteiger partial charge in [0.2, 0.25) is 5.91 Å². The van der Waals surface area contributed by atoms with E-state index < -0.39 is 0 Å². The Bertz CT molecular complexity index is 475. The van der Waals surface area contributed by atoms with E-state index in [-0.39, 0.29) is 11.7 Å². The minimum atomic E-state index is -0.154. The van der Waals surface area contributed by atoms with Crippen molar-refractivity contribution in [3.63, 3.8) is 0 Å². The predicted octanol–water partition coefficient (Wildman–Crippen LogP) is 2.91. The Balaban J connectivity index is 1.55. The standard InChI is InChI=1S/C17H25FN2OS/c1-14-6-9-20(10-7-14)12-17(21)19-8-11-22-13-15-4-2-3-5-16(15)18/h2-5,14H,6-13H2,1H3,(H,19,21). The zero-order valence-electron chi connectivity index (χ0n) is 13.2. The Morgan fingerprint density at radius 2 is 2.09 bits per heavy atom. The number of nitrogens with zero attached hydrogens (tertiary/aromatic N) is 1. The Morgan fingerprint density at radius 1 is 1.36 bits per heavy atom. The maximum absolute atomic E-state index is 13.4. The van der Waals surface area contributed by atoms with Gasteiger partial charge in [-0.15, -0.1) is 0 Å². The van der Waals surface area contributed by atoms with Crippen LogP contribution < -0.4 is 5.32 Å². The number of carbonyl (C=O) groups is 1. The Labute approximate surface area is 136 Å². The first-order valence-corrected chi connectivity index (χ1v) is 9.11. The smallest absolute Gasteiger partial charge is 0.234 e. The van der Waals surface area contributed by atoms with Gasteiger partial charge in [0, 0.05) is 18.1 Å². The van der Waals surface area contributed by atoms with Crippen molar-refractivity contribution in [2.24, 2.45) is 5.92 Å². The molecule has 0 aromatic heterocycles. The Morgan fingerprint density at radius 3 is 2.82 bits per heavy atom. The van der Waals surface area contributed by atoms with Gasteiger partial charge in [-0.05, 0) is 43.5 Å². The lowest BCUT2D eigenvalue weighted by Crippen LogP contribution is -2.41. The molecule has 0 bridgehead atoms. The van der Waals surface area contributed by atoms with Crippen molar-refractivity contribution in [1.29, 1.82) is 0 Å². The van der Waals surface area contributed by atoms with Crippen molar-refractivity contribution >= 4 is 17.7 Å². The maximum atomic E-state index is 13.4. The molecule has 1 heterocycles. The highest BCUT2D eigenvalue weighted by molar-refractivity contribution is 7.98. The second-order valence-electron chi connectivity index (χ2n) is 5.95. The number of rotatable bonds is 7. The van der Waals surface area contributed by atoms with Gasteiger partial charge < -0.3 is 5.32 Å². The molecule has 0 saturated carbocycles. The first-order chi connectivity index (χ1) is 10.6. The lowest BCUT2D eigenvalue weighted by Gasteiger charge is -2.29. The molecule has 1 aliphatic heterocycles. The molecule has 22 heavy (non-hydrogen) atoms. The number of piperidine rings is 1. The third kappa shape index (κ3) is 5.97. The van der Waals surface area contributed by atoms with Crippen LogP contribution in [0.2, 0.25) is 0 Å². The minimum absolute atomic E-state index is 0.0982. The molecule has 1 aromatic rings. The van der Waals surface area contributed by atoms with Gasteiger partial charge in [0.1, 0.15) is 5.82 Å². The predicted molar refractivity (Wildman–Crippen MR) is 90.4 cm³/mol. The highest BCUT2D eigenvalue weighted by atomic mass is 32.2. The average molecular weight is 324 g/mol. The molecule has 0 atom stereocenters. The lowest BCUT2D eigenvalue weighted by molar-refractivity contribution is -0.122. The van der Waals surface area contributed by atoms with Crippen LogP contribution in [0.4, 0.5) is 4.39 Å². The van der Waals surface area contributed by atoms with Crippen molar-refractivity contribution < 1.29 is 9.18 Å². The van der Waals surface area contributed by atoms with Crippen LogP contribution in [-0.2, 0) is 10.5 Å². The molecule has 1 aliphatic rings. The molecule has 1 N–H and O–H groups in total. The molecule has 3 nitrogen and oxygen atoms in total. The van der Waals surface area contributed by atoms with Gasteiger partial charge in [-0.3, -0.25) is 9.69 Å². The van der Waals surface area contributed by atoms with Crippen molar-refractivity contribution in [3.8, 4) is 0 Å². The SMILES string of the molecule is CC1CCN(CC(=O)NCCSCc2ccccc2F)CC1. The van der Waals surface area contributed by atoms with Crippen molar-refractivity contribution in [3.05, 3.63) is 35.6 Å². The monoisotopic (exact) mass is 324 g/mol. The second-order valence-corrected chi connectivity index (χ2v) is 7.06. The summed E-state index contributed by atoms with van der Waals surface area (Å²) in [5, 5.41) is 2.95. The summed E-state index contributed by atoms with van der Waals surface area (Å²) < 4.78 is 13.4. The number of thioether (sulfide) groups is 1. The largest absolute Gasteiger partial charge is 0.354 e. The number of hydrogen-bond acceptors (Lipinski definition) is 3. The quantitative estimate of drug-likeness (QED) is 0.783. The van der Waals surface area contributed by atoms with Gasteiger partial charge >= 0.3 is 0 Å². The van der Waals surface area contributed by atoms with Crippen molar-refractivity contribution in [1.82, 2.24) is 10.2 Å². The van der Waals surface area contributed by atoms with Crippen molar-refractivity contribution in [2.75, 3.05) is 31.9 Å². The van der Waals surface area contributed by atoms with Crippen molar-refractivity contribution in [2.45, 2.75) is 25.5 Å². The van der Waals surface area contributed by atoms with Gasteiger partial charge in [0.15, 0.2) is 0 Å². The van der Waals surface area contributed by atoms with E-state index in [4.69, 9.17) is 0 Å². The third-order valence-corrected chi connectivity index (χ3v) is 5.04. The highest BCUT2D eigenvalue weighted by Crippen LogP contribution is 2.16. The Hall–Kier alpha value is -1.07. The first-order valence-electron chi connectivity index (χ1n) is 7.95. The maximum Gasteiger partial charge on any atom is 0.234 e. The molecule has 1 fully saturated rings. The normalized spacial score (nSPS) is 16.6. The molecule has 2 rings (SSSR count). The summed E-state index contributed by atoms with van der Waals surface area (Å²) in [6.45, 7) is 5.46. The molecule has 0 unspecified atom stereocenters. The van der Waals surface area contributed by atoms with E-state index in [0.717, 1.165) is 30.3 Å². The third-order valence-electron chi connectivity index (χ3n) is 4.03. The molecular weight excluding hydrogens is 299 g/mol. The van der Waals surface area contributed by atoms with E-state index in [1.807, 2.05) is 6.07 Å². The summed E-state index contributed by atoms with van der Waals surface area (Å²) in [7, 11) is 0. The number of amides is 1. The first kappa shape index (κ1) is 17.3. The minimum Gasteiger partial charge on any atom is -0.354 e. The molecule has 1 saturated heterocycles. The van der Waals surface area contributed by atoms with E-state index in [2.05, 4.69) is 17.1 Å². The number of hydrogen-bond donors (Lipinski definition) is 1. The molecule has 0 spiro atoms. The van der Waals surface area contributed by atoms with Gasteiger partial charge in [-0.2, -0.15) is 11.8 Å². The van der Waals surface area contributed by atoms with Crippen LogP contribution in [0.1, 0.15) is 25.3 Å². The lowest BCUT2D eigenvalue weighted by atomic mass is 9.99. The number of halogens is 1. The number of benzene rings is 1. The molecule has 5 heteroatoms. The van der Waals surface area contributed by atoms with Gasteiger partial charge in [0.05, 0.1) is 6.54 Å². The summed E-state index contributed by atoms with van der Waals surface area (Å²) in [4.78, 5) is 14.1. The molecular formula is C17H25FN2OS. The molecule has 0 radical (unpaired) electrons. The fourth-order valence-corrected chi connectivity index (χ4v) is 3.38. The van der Waals surface area contributed by atoms with Crippen LogP contribution in [0.15, 0.2) is 24.3 Å². The van der Waals surface area contributed by atoms with E-state index in [9.17, 15) is 9.18 Å². The molecule has 122 valence electrons. The van der Waals surface area contributed by atoms with Crippen LogP contribution in [0.25, 0.3) is 0 Å². The number of carbonyl (C=O) groups excluding carboxylic acids is 1. The van der Waals surface area contributed by atoms with E-state index in [1.165, 1.54) is 18.9 Å². The average Bonchev–Trinajstić information content (AvgIpc) is 2.51. The fraction of sp³-hybridized carbons (Fsp3) is 0.588. The summed E-state index contributed by atoms with van der Waals surface area (Å²) in [6, 6.07) is 6.83. The zero-order valence-corrected chi connectivity index (χ0v) is 14.0. The second kappa shape index (κ2) is 9.16. The van der Waals surface area contributed by atoms with Gasteiger partial charge in [-0.1, -0.05) is 25.1 Å². The van der Waals surface area contributed by atoms with Crippen LogP contribution in [-0.4, -0.2) is 42.7 Å². The van der Waals surface area contributed by atoms with Gasteiger partial charge in [0.25, 0.3) is 0 Å². The number of nitrogens with one attached hydrogen (secondary N) is 1. The Kier molecular flexibility index (Phi) is 7.19. The van der Waals surface area contributed by atoms with Crippen LogP contribution in [0, 0.1) is 11.7 Å². The van der Waals surface area contributed by atoms with Gasteiger partial charge in [-0.25, -0.2) is 4.39 Å². The van der Waals surface area contributed by atoms with E-state index >= 15 is 0 Å². The topological polar surface area (TPSA) is 32.3 Å². The number of likely N-dealkylation sites (tertiary alicyclic amines) is 1. The zero-order chi connectivity index (χ0) is 15.8. The van der Waals surface area contributed by atoms with Crippen LogP contribution in [0.3, 0.4) is 0 Å². The fourth-order valence-electron chi connectivity index (χ4n) is 2.54. The molecule has 1 amide bonds. The summed E-state index contributed by atoms with van der Waals surface area (Å²) in [5.41, 5.74) is 0.723. The van der Waals surface area contributed by atoms with E-state index in [1.54, 1.807) is 23.9 Å². The van der Waals surface area contributed by atoms with Crippen LogP contribution in [0.5, 0.6) is 0 Å².